The molecule has 0 atom stereocenters. The van der Waals surface area contributed by atoms with Gasteiger partial charge in [-0.05, 0) is 127 Å². The van der Waals surface area contributed by atoms with Crippen LogP contribution in [0.15, 0.2) is 218 Å². The molecule has 10 heteroatoms. The number of rotatable bonds is 18. The molecule has 0 fully saturated rings. The second kappa shape index (κ2) is 21.3. The number of hydrogen-bond acceptors (Lipinski definition) is 10. The largest absolute Gasteiger partial charge is 0.495 e. The first-order chi connectivity index (χ1) is 34.5. The molecule has 10 nitrogen and oxygen atoms in total. The molecule has 0 unspecified atom stereocenters. The Balaban J connectivity index is 1.24. The average molecular weight is 927 g/mol. The van der Waals surface area contributed by atoms with Crippen molar-refractivity contribution >= 4 is 68.2 Å². The molecule has 0 saturated heterocycles. The van der Waals surface area contributed by atoms with Crippen molar-refractivity contribution in [2.24, 2.45) is 0 Å². The summed E-state index contributed by atoms with van der Waals surface area (Å²) in [5.41, 5.74) is 10.4. The summed E-state index contributed by atoms with van der Waals surface area (Å²) >= 11 is 0. The molecule has 0 aromatic heterocycles. The topological polar surface area (TPSA) is 68.3 Å². The lowest BCUT2D eigenvalue weighted by Crippen LogP contribution is -2.16. The lowest BCUT2D eigenvalue weighted by molar-refractivity contribution is 0.412. The molecule has 0 amide bonds. The Morgan fingerprint density at radius 2 is 0.371 bits per heavy atom. The highest BCUT2D eigenvalue weighted by Gasteiger charge is 2.26. The summed E-state index contributed by atoms with van der Waals surface area (Å²) in [5.74, 6) is 4.24. The van der Waals surface area contributed by atoms with Crippen LogP contribution in [0.4, 0.5) is 68.2 Å². The third-order valence-corrected chi connectivity index (χ3v) is 12.0. The Hall–Kier alpha value is -9.02. The van der Waals surface area contributed by atoms with Gasteiger partial charge in [0.2, 0.25) is 0 Å². The Kier molecular flexibility index (Phi) is 14.0. The van der Waals surface area contributed by atoms with Crippen LogP contribution < -0.4 is 48.0 Å². The first kappa shape index (κ1) is 46.1. The normalized spacial score (nSPS) is 10.7. The summed E-state index contributed by atoms with van der Waals surface area (Å²) in [4.78, 5) is 8.76. The van der Waals surface area contributed by atoms with Crippen LogP contribution >= 0.6 is 0 Å². The van der Waals surface area contributed by atoms with Crippen molar-refractivity contribution in [3.8, 4) is 34.5 Å². The zero-order chi connectivity index (χ0) is 48.4. The number of ether oxygens (including phenoxy) is 6. The monoisotopic (exact) mass is 926 g/mol. The molecule has 0 heterocycles. The lowest BCUT2D eigenvalue weighted by Gasteiger charge is -2.33. The Bertz CT molecular complexity index is 2910. The average Bonchev–Trinajstić information content (AvgIpc) is 3.42. The van der Waals surface area contributed by atoms with E-state index in [0.717, 1.165) is 68.2 Å². The van der Waals surface area contributed by atoms with Crippen molar-refractivity contribution in [2.75, 3.05) is 62.3 Å². The Labute approximate surface area is 410 Å². The third-order valence-electron chi connectivity index (χ3n) is 12.0. The Morgan fingerprint density at radius 1 is 0.200 bits per heavy atom. The van der Waals surface area contributed by atoms with Crippen molar-refractivity contribution in [2.45, 2.75) is 0 Å². The van der Waals surface area contributed by atoms with E-state index < -0.39 is 0 Å². The number of benzene rings is 9. The van der Waals surface area contributed by atoms with Gasteiger partial charge in [-0.3, -0.25) is 0 Å². The first-order valence-electron chi connectivity index (χ1n) is 22.8. The third kappa shape index (κ3) is 9.18. The van der Waals surface area contributed by atoms with E-state index in [9.17, 15) is 0 Å². The molecule has 9 aromatic carbocycles. The summed E-state index contributed by atoms with van der Waals surface area (Å²) in [6, 6.07) is 73.4. The van der Waals surface area contributed by atoms with Gasteiger partial charge in [-0.25, -0.2) is 0 Å². The predicted molar refractivity (Wildman–Crippen MR) is 284 cm³/mol. The number of hydrogen-bond donors (Lipinski definition) is 0. The van der Waals surface area contributed by atoms with E-state index in [4.69, 9.17) is 28.4 Å². The van der Waals surface area contributed by atoms with Gasteiger partial charge >= 0.3 is 0 Å². The van der Waals surface area contributed by atoms with Gasteiger partial charge in [-0.2, -0.15) is 0 Å². The summed E-state index contributed by atoms with van der Waals surface area (Å²) in [5, 5.41) is 0. The van der Waals surface area contributed by atoms with E-state index in [2.05, 4.69) is 105 Å². The van der Waals surface area contributed by atoms with E-state index in [1.165, 1.54) is 0 Å². The molecule has 0 saturated carbocycles. The van der Waals surface area contributed by atoms with E-state index >= 15 is 0 Å². The zero-order valence-corrected chi connectivity index (χ0v) is 40.0. The molecule has 0 aliphatic carbocycles. The van der Waals surface area contributed by atoms with Crippen LogP contribution in [0.1, 0.15) is 0 Å². The number of anilines is 12. The maximum atomic E-state index is 6.10. The summed E-state index contributed by atoms with van der Waals surface area (Å²) in [7, 11) is 10.2. The van der Waals surface area contributed by atoms with Gasteiger partial charge in [-0.1, -0.05) is 91.0 Å². The standard InChI is InChI=1S/C60H54N4O6/c1-65-55-34-13-7-28-49(55)61(45-24-20-26-47(41-45)63(51-30-9-15-36-57(51)67-3)52-31-10-16-37-58(52)68-4)43-22-19-23-44(40-43)62(50-29-8-14-35-56(50)66-2)46-25-21-27-48(42-46)64(53-32-11-17-38-59(53)69-5)54-33-12-18-39-60(54)70-6/h7-42H,1-6H3. The molecule has 70 heavy (non-hydrogen) atoms. The highest BCUT2D eigenvalue weighted by molar-refractivity contribution is 5.91. The maximum Gasteiger partial charge on any atom is 0.142 e. The lowest BCUT2D eigenvalue weighted by atomic mass is 10.1. The van der Waals surface area contributed by atoms with Gasteiger partial charge in [0.15, 0.2) is 0 Å². The van der Waals surface area contributed by atoms with Gasteiger partial charge in [0.1, 0.15) is 34.5 Å². The van der Waals surface area contributed by atoms with Gasteiger partial charge < -0.3 is 48.0 Å². The molecule has 0 spiro atoms. The predicted octanol–water partition coefficient (Wildman–Crippen LogP) is 15.6. The molecule has 0 aliphatic rings. The molecular weight excluding hydrogens is 873 g/mol. The SMILES string of the molecule is COc1ccccc1N(c1cccc(N(c2cccc(N(c3ccccc3OC)c3ccccc3OC)c2)c2ccccc2OC)c1)c1cccc(N(c2ccccc2OC)c2ccccc2OC)c1. The number of nitrogens with zero attached hydrogens (tertiary/aromatic N) is 4. The van der Waals surface area contributed by atoms with E-state index in [-0.39, 0.29) is 0 Å². The van der Waals surface area contributed by atoms with Crippen LogP contribution in [0.5, 0.6) is 34.5 Å². The Morgan fingerprint density at radius 3 is 0.571 bits per heavy atom. The van der Waals surface area contributed by atoms with Crippen LogP contribution in [0.3, 0.4) is 0 Å². The molecule has 0 bridgehead atoms. The van der Waals surface area contributed by atoms with Crippen molar-refractivity contribution in [1.29, 1.82) is 0 Å². The van der Waals surface area contributed by atoms with Crippen molar-refractivity contribution in [3.63, 3.8) is 0 Å². The molecule has 9 rings (SSSR count). The first-order valence-corrected chi connectivity index (χ1v) is 22.8. The molecule has 0 aliphatic heterocycles. The minimum atomic E-state index is 0.701. The molecule has 0 N–H and O–H groups in total. The molecule has 9 aromatic rings. The van der Waals surface area contributed by atoms with Crippen LogP contribution in [-0.4, -0.2) is 42.7 Å². The fourth-order valence-corrected chi connectivity index (χ4v) is 8.87. The van der Waals surface area contributed by atoms with Crippen LogP contribution in [0, 0.1) is 0 Å². The van der Waals surface area contributed by atoms with Gasteiger partial charge in [0, 0.05) is 34.1 Å². The van der Waals surface area contributed by atoms with Crippen molar-refractivity contribution in [1.82, 2.24) is 0 Å². The van der Waals surface area contributed by atoms with Crippen molar-refractivity contribution in [3.05, 3.63) is 218 Å². The molecular formula is C60H54N4O6. The quantitative estimate of drug-likeness (QED) is 0.0831. The van der Waals surface area contributed by atoms with E-state index in [0.29, 0.717) is 34.5 Å². The number of methoxy groups -OCH3 is 6. The minimum absolute atomic E-state index is 0.701. The van der Waals surface area contributed by atoms with Crippen LogP contribution in [0.2, 0.25) is 0 Å². The van der Waals surface area contributed by atoms with Crippen LogP contribution in [0.25, 0.3) is 0 Å². The number of para-hydroxylation sites is 12. The molecule has 350 valence electrons. The zero-order valence-electron chi connectivity index (χ0n) is 40.0. The minimum Gasteiger partial charge on any atom is -0.495 e. The van der Waals surface area contributed by atoms with E-state index in [1.54, 1.807) is 42.7 Å². The van der Waals surface area contributed by atoms with E-state index in [1.807, 2.05) is 133 Å². The maximum absolute atomic E-state index is 6.10. The fourth-order valence-electron chi connectivity index (χ4n) is 8.87. The second-order valence-electron chi connectivity index (χ2n) is 15.9. The van der Waals surface area contributed by atoms with Gasteiger partial charge in [0.05, 0.1) is 76.8 Å². The highest BCUT2D eigenvalue weighted by atomic mass is 16.5. The molecule has 0 radical (unpaired) electrons. The fraction of sp³-hybridized carbons (Fsp3) is 0.100. The van der Waals surface area contributed by atoms with Gasteiger partial charge in [0.25, 0.3) is 0 Å². The summed E-state index contributed by atoms with van der Waals surface area (Å²) in [6.07, 6.45) is 0. The second-order valence-corrected chi connectivity index (χ2v) is 15.9. The van der Waals surface area contributed by atoms with Gasteiger partial charge in [-0.15, -0.1) is 0 Å². The summed E-state index contributed by atoms with van der Waals surface area (Å²) in [6.45, 7) is 0. The smallest absolute Gasteiger partial charge is 0.142 e. The van der Waals surface area contributed by atoms with Crippen molar-refractivity contribution < 1.29 is 28.4 Å². The van der Waals surface area contributed by atoms with Crippen LogP contribution in [-0.2, 0) is 0 Å². The summed E-state index contributed by atoms with van der Waals surface area (Å²) < 4.78 is 36.1. The highest BCUT2D eigenvalue weighted by Crippen LogP contribution is 2.50.